The van der Waals surface area contributed by atoms with Crippen LogP contribution in [0, 0.1) is 6.92 Å². The maximum atomic E-state index is 5.79. The third-order valence-electron chi connectivity index (χ3n) is 2.11. The van der Waals surface area contributed by atoms with E-state index in [2.05, 4.69) is 16.4 Å². The van der Waals surface area contributed by atoms with E-state index in [9.17, 15) is 0 Å². The lowest BCUT2D eigenvalue weighted by Gasteiger charge is -2.05. The largest absolute Gasteiger partial charge is 0.398 e. The third-order valence-corrected chi connectivity index (χ3v) is 3.04. The summed E-state index contributed by atoms with van der Waals surface area (Å²) >= 11 is 1.67. The van der Waals surface area contributed by atoms with Crippen molar-refractivity contribution in [3.05, 3.63) is 40.3 Å². The molecule has 0 fully saturated rings. The van der Waals surface area contributed by atoms with Crippen molar-refractivity contribution >= 4 is 22.7 Å². The zero-order valence-corrected chi connectivity index (χ0v) is 9.34. The fourth-order valence-corrected chi connectivity index (χ4v) is 2.07. The Morgan fingerprint density at radius 2 is 2.33 bits per heavy atom. The minimum Gasteiger partial charge on any atom is -0.398 e. The van der Waals surface area contributed by atoms with Gasteiger partial charge in [0.2, 0.25) is 0 Å². The van der Waals surface area contributed by atoms with Gasteiger partial charge in [0.25, 0.3) is 0 Å². The molecule has 3 nitrogen and oxygen atoms in total. The predicted molar refractivity (Wildman–Crippen MR) is 65.0 cm³/mol. The molecule has 0 spiro atoms. The normalized spacial score (nSPS) is 10.2. The Morgan fingerprint density at radius 3 is 3.00 bits per heavy atom. The van der Waals surface area contributed by atoms with E-state index in [1.54, 1.807) is 11.3 Å². The second kappa shape index (κ2) is 4.31. The standard InChI is InChI=1S/C11H13N3S/c1-8-4-9(6-13-5-8)14-7-11-10(12)2-3-15-11/h2-6,14H,7,12H2,1H3. The second-order valence-electron chi connectivity index (χ2n) is 3.40. The third kappa shape index (κ3) is 2.47. The van der Waals surface area contributed by atoms with Gasteiger partial charge in [-0.2, -0.15) is 0 Å². The molecule has 0 aliphatic heterocycles. The molecule has 15 heavy (non-hydrogen) atoms. The van der Waals surface area contributed by atoms with Crippen LogP contribution < -0.4 is 11.1 Å². The number of hydrogen-bond donors (Lipinski definition) is 2. The number of nitrogen functional groups attached to an aromatic ring is 1. The molecule has 2 aromatic heterocycles. The van der Waals surface area contributed by atoms with E-state index < -0.39 is 0 Å². The summed E-state index contributed by atoms with van der Waals surface area (Å²) in [5.74, 6) is 0. The molecule has 0 bridgehead atoms. The Morgan fingerprint density at radius 1 is 1.47 bits per heavy atom. The molecular weight excluding hydrogens is 206 g/mol. The highest BCUT2D eigenvalue weighted by atomic mass is 32.1. The highest BCUT2D eigenvalue weighted by molar-refractivity contribution is 7.10. The minimum absolute atomic E-state index is 0.759. The number of pyridine rings is 1. The molecular formula is C11H13N3S. The van der Waals surface area contributed by atoms with Gasteiger partial charge in [-0.3, -0.25) is 4.98 Å². The van der Waals surface area contributed by atoms with E-state index in [0.717, 1.165) is 28.4 Å². The summed E-state index contributed by atoms with van der Waals surface area (Å²) in [5.41, 5.74) is 8.83. The van der Waals surface area contributed by atoms with Crippen molar-refractivity contribution in [1.29, 1.82) is 0 Å². The van der Waals surface area contributed by atoms with Crippen LogP contribution in [0.2, 0.25) is 0 Å². The smallest absolute Gasteiger partial charge is 0.0532 e. The van der Waals surface area contributed by atoms with E-state index in [1.165, 1.54) is 0 Å². The fourth-order valence-electron chi connectivity index (χ4n) is 1.33. The van der Waals surface area contributed by atoms with E-state index in [1.807, 2.05) is 30.8 Å². The number of thiophene rings is 1. The zero-order chi connectivity index (χ0) is 10.7. The Hall–Kier alpha value is -1.55. The number of nitrogens with two attached hydrogens (primary N) is 1. The van der Waals surface area contributed by atoms with Crippen LogP contribution in [0.3, 0.4) is 0 Å². The molecule has 2 heterocycles. The van der Waals surface area contributed by atoms with Crippen LogP contribution >= 0.6 is 11.3 Å². The van der Waals surface area contributed by atoms with E-state index in [4.69, 9.17) is 5.73 Å². The van der Waals surface area contributed by atoms with Gasteiger partial charge in [-0.15, -0.1) is 11.3 Å². The summed E-state index contributed by atoms with van der Waals surface area (Å²) in [7, 11) is 0. The van der Waals surface area contributed by atoms with Crippen LogP contribution in [0.15, 0.2) is 29.9 Å². The second-order valence-corrected chi connectivity index (χ2v) is 4.40. The van der Waals surface area contributed by atoms with Crippen LogP contribution in [-0.2, 0) is 6.54 Å². The van der Waals surface area contributed by atoms with Gasteiger partial charge in [-0.25, -0.2) is 0 Å². The Balaban J connectivity index is 2.02. The molecule has 0 amide bonds. The topological polar surface area (TPSA) is 50.9 Å². The lowest BCUT2D eigenvalue weighted by Crippen LogP contribution is -2.00. The number of nitrogens with one attached hydrogen (secondary N) is 1. The molecule has 0 unspecified atom stereocenters. The molecule has 0 aliphatic rings. The minimum atomic E-state index is 0.759. The van der Waals surface area contributed by atoms with Crippen LogP contribution in [0.4, 0.5) is 11.4 Å². The maximum absolute atomic E-state index is 5.79. The summed E-state index contributed by atoms with van der Waals surface area (Å²) in [6.07, 6.45) is 3.65. The van der Waals surface area contributed by atoms with E-state index >= 15 is 0 Å². The number of anilines is 2. The van der Waals surface area contributed by atoms with Gasteiger partial charge in [0.1, 0.15) is 0 Å². The first kappa shape index (κ1) is 9.98. The molecule has 4 heteroatoms. The van der Waals surface area contributed by atoms with Crippen LogP contribution in [0.5, 0.6) is 0 Å². The van der Waals surface area contributed by atoms with Gasteiger partial charge < -0.3 is 11.1 Å². The van der Waals surface area contributed by atoms with Gasteiger partial charge in [0.15, 0.2) is 0 Å². The Bertz CT molecular complexity index is 451. The lowest BCUT2D eigenvalue weighted by molar-refractivity contribution is 1.16. The van der Waals surface area contributed by atoms with Crippen LogP contribution in [0.25, 0.3) is 0 Å². The highest BCUT2D eigenvalue weighted by Crippen LogP contribution is 2.20. The van der Waals surface area contributed by atoms with Crippen molar-refractivity contribution in [2.75, 3.05) is 11.1 Å². The molecule has 0 saturated heterocycles. The van der Waals surface area contributed by atoms with Crippen LogP contribution in [0.1, 0.15) is 10.4 Å². The average Bonchev–Trinajstić information content (AvgIpc) is 2.61. The first-order valence-corrected chi connectivity index (χ1v) is 5.61. The van der Waals surface area contributed by atoms with Gasteiger partial charge in [-0.05, 0) is 30.0 Å². The number of aromatic nitrogens is 1. The monoisotopic (exact) mass is 219 g/mol. The molecule has 78 valence electrons. The van der Waals surface area contributed by atoms with Crippen molar-refractivity contribution in [2.45, 2.75) is 13.5 Å². The molecule has 2 rings (SSSR count). The Kier molecular flexibility index (Phi) is 2.87. The Labute approximate surface area is 93.0 Å². The van der Waals surface area contributed by atoms with Gasteiger partial charge in [0, 0.05) is 23.0 Å². The molecule has 0 saturated carbocycles. The fraction of sp³-hybridized carbons (Fsp3) is 0.182. The molecule has 0 radical (unpaired) electrons. The first-order chi connectivity index (χ1) is 7.25. The summed E-state index contributed by atoms with van der Waals surface area (Å²) in [5, 5.41) is 5.30. The SMILES string of the molecule is Cc1cncc(NCc2sccc2N)c1. The molecule has 3 N–H and O–H groups in total. The number of aryl methyl sites for hydroxylation is 1. The predicted octanol–water partition coefficient (Wildman–Crippen LogP) is 2.65. The zero-order valence-electron chi connectivity index (χ0n) is 8.53. The first-order valence-electron chi connectivity index (χ1n) is 4.73. The van der Waals surface area contributed by atoms with E-state index in [0.29, 0.717) is 0 Å². The number of rotatable bonds is 3. The van der Waals surface area contributed by atoms with Crippen molar-refractivity contribution in [1.82, 2.24) is 4.98 Å². The summed E-state index contributed by atoms with van der Waals surface area (Å²) in [6.45, 7) is 2.78. The maximum Gasteiger partial charge on any atom is 0.0532 e. The molecule has 0 atom stereocenters. The van der Waals surface area contributed by atoms with Crippen LogP contribution in [-0.4, -0.2) is 4.98 Å². The van der Waals surface area contributed by atoms with Crippen molar-refractivity contribution in [3.63, 3.8) is 0 Å². The highest BCUT2D eigenvalue weighted by Gasteiger charge is 2.00. The molecule has 0 aromatic carbocycles. The van der Waals surface area contributed by atoms with Gasteiger partial charge in [-0.1, -0.05) is 0 Å². The van der Waals surface area contributed by atoms with Gasteiger partial charge >= 0.3 is 0 Å². The molecule has 0 aliphatic carbocycles. The number of nitrogens with zero attached hydrogens (tertiary/aromatic N) is 1. The lowest BCUT2D eigenvalue weighted by atomic mass is 10.3. The average molecular weight is 219 g/mol. The molecule has 2 aromatic rings. The van der Waals surface area contributed by atoms with E-state index in [-0.39, 0.29) is 0 Å². The quantitative estimate of drug-likeness (QED) is 0.834. The van der Waals surface area contributed by atoms with Crippen molar-refractivity contribution in [3.8, 4) is 0 Å². The summed E-state index contributed by atoms with van der Waals surface area (Å²) in [4.78, 5) is 5.28. The number of hydrogen-bond acceptors (Lipinski definition) is 4. The van der Waals surface area contributed by atoms with Crippen molar-refractivity contribution < 1.29 is 0 Å². The van der Waals surface area contributed by atoms with Crippen molar-refractivity contribution in [2.24, 2.45) is 0 Å². The summed E-state index contributed by atoms with van der Waals surface area (Å²) < 4.78 is 0. The summed E-state index contributed by atoms with van der Waals surface area (Å²) in [6, 6.07) is 3.99. The van der Waals surface area contributed by atoms with Gasteiger partial charge in [0.05, 0.1) is 12.2 Å².